The first-order valence-electron chi connectivity index (χ1n) is 22.4. The average molecular weight is 1010 g/mol. The van der Waals surface area contributed by atoms with Crippen LogP contribution in [0.25, 0.3) is 11.1 Å². The number of methoxy groups -OCH3 is 1. The number of esters is 4. The molecule has 2 aliphatic rings. The van der Waals surface area contributed by atoms with Crippen LogP contribution in [0.5, 0.6) is 0 Å². The highest BCUT2D eigenvalue weighted by Gasteiger charge is 2.54. The molecule has 394 valence electrons. The van der Waals surface area contributed by atoms with E-state index in [1.807, 2.05) is 61.0 Å². The molecule has 3 aromatic rings. The number of alkyl carbamates (subject to hydrolysis) is 1. The van der Waals surface area contributed by atoms with Crippen LogP contribution in [0.4, 0.5) is 10.5 Å². The fourth-order valence-electron chi connectivity index (χ4n) is 7.59. The fraction of sp³-hybridized carbons (Fsp3) is 0.491. The van der Waals surface area contributed by atoms with Gasteiger partial charge < -0.3 is 48.6 Å². The summed E-state index contributed by atoms with van der Waals surface area (Å²) >= 11 is 0. The molecule has 0 unspecified atom stereocenters. The number of carbonyl (C=O) groups excluding carboxylic acids is 7. The first-order valence-corrected chi connectivity index (χ1v) is 24.8. The van der Waals surface area contributed by atoms with Crippen LogP contribution in [0, 0.1) is 17.8 Å². The maximum atomic E-state index is 13.7. The Morgan fingerprint density at radius 2 is 1.31 bits per heavy atom. The molecule has 17 nitrogen and oxygen atoms in total. The van der Waals surface area contributed by atoms with Gasteiger partial charge in [-0.05, 0) is 65.3 Å². The topological polar surface area (TPSA) is 220 Å². The van der Waals surface area contributed by atoms with Gasteiger partial charge in [0.25, 0.3) is 0 Å². The molecule has 3 N–H and O–H groups in total. The van der Waals surface area contributed by atoms with Crippen LogP contribution >= 0.6 is 10.3 Å². The molecule has 1 fully saturated rings. The van der Waals surface area contributed by atoms with E-state index in [9.17, 15) is 33.6 Å². The van der Waals surface area contributed by atoms with E-state index in [1.165, 1.54) is 6.92 Å². The number of amides is 3. The Morgan fingerprint density at radius 3 is 1.85 bits per heavy atom. The second-order valence-electron chi connectivity index (χ2n) is 18.4. The van der Waals surface area contributed by atoms with Gasteiger partial charge in [0.15, 0.2) is 30.5 Å². The summed E-state index contributed by atoms with van der Waals surface area (Å²) in [5, 5.41) is 8.18. The minimum atomic E-state index is -1.65. The Hall–Kier alpha value is -6.42. The molecule has 0 aromatic heterocycles. The molecule has 1 heterocycles. The molecule has 3 amide bonds. The average Bonchev–Trinajstić information content (AvgIpc) is 3.59. The van der Waals surface area contributed by atoms with Gasteiger partial charge in [-0.15, -0.1) is 10.3 Å². The number of fused-ring (bicyclic) bond motifs is 3. The number of ether oxygens (including phenoxy) is 6. The molecule has 1 saturated heterocycles. The normalized spacial score (nSPS) is 19.2. The maximum absolute atomic E-state index is 13.7. The van der Waals surface area contributed by atoms with Gasteiger partial charge in [0, 0.05) is 47.0 Å². The lowest BCUT2D eigenvalue weighted by Gasteiger charge is -2.43. The van der Waals surface area contributed by atoms with Gasteiger partial charge >= 0.3 is 30.0 Å². The van der Waals surface area contributed by atoms with E-state index in [0.29, 0.717) is 11.1 Å². The number of benzene rings is 3. The lowest BCUT2D eigenvalue weighted by molar-refractivity contribution is -0.239. The number of nitrogens with one attached hydrogen (secondary N) is 3. The van der Waals surface area contributed by atoms with Crippen LogP contribution in [0.2, 0.25) is 0 Å². The van der Waals surface area contributed by atoms with Crippen molar-refractivity contribution in [2.45, 2.75) is 137 Å². The van der Waals surface area contributed by atoms with Crippen LogP contribution in [-0.2, 0) is 68.0 Å². The first kappa shape index (κ1) is 58.9. The number of hydrogen-bond acceptors (Lipinski definition) is 14. The maximum Gasteiger partial charge on any atom is 0.407 e. The van der Waals surface area contributed by atoms with Crippen molar-refractivity contribution in [1.82, 2.24) is 10.6 Å². The van der Waals surface area contributed by atoms with Crippen LogP contribution in [0.1, 0.15) is 110 Å². The predicted molar refractivity (Wildman–Crippen MR) is 278 cm³/mol. The highest BCUT2D eigenvalue weighted by Crippen LogP contribution is 2.54. The Balaban J connectivity index is 0.0000107. The van der Waals surface area contributed by atoms with Crippen LogP contribution in [0.15, 0.2) is 66.7 Å². The molecule has 71 heavy (non-hydrogen) atoms. The predicted octanol–water partition coefficient (Wildman–Crippen LogP) is 8.08. The Morgan fingerprint density at radius 1 is 0.761 bits per heavy atom. The molecule has 3 aromatic carbocycles. The molecule has 18 heteroatoms. The molecular weight excluding hydrogens is 935 g/mol. The van der Waals surface area contributed by atoms with Gasteiger partial charge in [-0.2, -0.15) is 0 Å². The van der Waals surface area contributed by atoms with Gasteiger partial charge in [-0.25, -0.2) is 9.59 Å². The molecule has 1 aliphatic heterocycles. The molecule has 0 bridgehead atoms. The second-order valence-corrected chi connectivity index (χ2v) is 22.3. The van der Waals surface area contributed by atoms with E-state index < -0.39 is 94.7 Å². The van der Waals surface area contributed by atoms with Gasteiger partial charge in [0.1, 0.15) is 18.7 Å². The number of carbonyl (C=O) groups is 7. The molecule has 7 atom stereocenters. The molecule has 5 rings (SSSR count). The summed E-state index contributed by atoms with van der Waals surface area (Å²) in [6, 6.07) is 18.7. The summed E-state index contributed by atoms with van der Waals surface area (Å²) in [5.41, 5.74) is 5.43. The summed E-state index contributed by atoms with van der Waals surface area (Å²) in [6.45, 7) is 14.6. The SMILES string of the molecule is C.C.COC(=O)[C@H]1O[C@@H](C#Cc2cc(NC(=O)[C@H](C)NC(=O)[C@@H](NC(=O)OCC3c4ccccc4-c4ccccc43)C(C)C)ccc2COS(C)(C)C(C)(C)C)[C@H](OC(C)=O)[C@@H](OC(C)=O)[C@@H]1OC(C)=O.[HH].[HH].[HH]. The van der Waals surface area contributed by atoms with Crippen molar-refractivity contribution in [3.05, 3.63) is 89.0 Å². The van der Waals surface area contributed by atoms with Gasteiger partial charge in [-0.3, -0.25) is 24.0 Å². The van der Waals surface area contributed by atoms with E-state index in [4.69, 9.17) is 32.6 Å². The Kier molecular flexibility index (Phi) is 20.8. The molecule has 0 radical (unpaired) electrons. The number of rotatable bonds is 15. The van der Waals surface area contributed by atoms with Gasteiger partial charge in [0.2, 0.25) is 11.8 Å². The monoisotopic (exact) mass is 1010 g/mol. The van der Waals surface area contributed by atoms with Gasteiger partial charge in [-0.1, -0.05) is 116 Å². The largest absolute Gasteiger partial charge is 0.467 e. The zero-order valence-electron chi connectivity index (χ0n) is 41.1. The number of anilines is 1. The lowest BCUT2D eigenvalue weighted by Crippen LogP contribution is -2.63. The van der Waals surface area contributed by atoms with Crippen molar-refractivity contribution in [2.24, 2.45) is 5.92 Å². The lowest BCUT2D eigenvalue weighted by atomic mass is 9.93. The van der Waals surface area contributed by atoms with Gasteiger partial charge in [0.05, 0.1) is 13.7 Å². The van der Waals surface area contributed by atoms with Crippen LogP contribution in [-0.4, -0.2) is 115 Å². The molecule has 1 aliphatic carbocycles. The standard InChI is InChI=1S/C51H63N3O14S.2CH4.3H2/c1-28(2)42(54-50(61)63-27-40-38-19-15-13-17-36(38)37-18-14-16-20-39(37)40)48(59)52-29(3)47(58)53-35-23-21-34(26-64-69(11,12)51(7,8)9)33(25-35)22-24-41-43(65-30(4)55)44(66-31(5)56)45(67-32(6)57)46(68-41)49(60)62-10;;;;;/h13-21,23,25,28-29,40-46H,26-27H2,1-12H3,(H,52,59)(H,53,58)(H,54,61);2*1H4;3*1H/t29-,41-,42-,43-,44+,45-,46-;;;;;/m0...../s1. The highest BCUT2D eigenvalue weighted by molar-refractivity contribution is 8.29. The van der Waals surface area contributed by atoms with Crippen molar-refractivity contribution < 1.29 is 70.4 Å². The summed E-state index contributed by atoms with van der Waals surface area (Å²) in [7, 11) is -0.557. The summed E-state index contributed by atoms with van der Waals surface area (Å²) in [5.74, 6) is 0.677. The van der Waals surface area contributed by atoms with E-state index in [-0.39, 0.29) is 54.6 Å². The second kappa shape index (κ2) is 25.1. The summed E-state index contributed by atoms with van der Waals surface area (Å²) < 4.78 is 39.3. The highest BCUT2D eigenvalue weighted by atomic mass is 32.3. The first-order chi connectivity index (χ1) is 32.4. The molecule has 0 spiro atoms. The summed E-state index contributed by atoms with van der Waals surface area (Å²) in [6.07, 6.45) is -4.44. The van der Waals surface area contributed by atoms with Crippen molar-refractivity contribution >= 4 is 57.8 Å². The van der Waals surface area contributed by atoms with Crippen LogP contribution in [0.3, 0.4) is 0 Å². The van der Waals surface area contributed by atoms with Crippen molar-refractivity contribution in [1.29, 1.82) is 0 Å². The number of hydrogen-bond donors (Lipinski definition) is 3. The third kappa shape index (κ3) is 14.8. The van der Waals surface area contributed by atoms with E-state index >= 15 is 0 Å². The van der Waals surface area contributed by atoms with Crippen molar-refractivity contribution in [2.75, 3.05) is 31.5 Å². The smallest absolute Gasteiger partial charge is 0.407 e. The van der Waals surface area contributed by atoms with E-state index in [0.717, 1.165) is 50.1 Å². The van der Waals surface area contributed by atoms with E-state index in [1.54, 1.807) is 32.0 Å². The van der Waals surface area contributed by atoms with Crippen LogP contribution < -0.4 is 16.0 Å². The fourth-order valence-corrected chi connectivity index (χ4v) is 8.36. The quantitative estimate of drug-likeness (QED) is 0.0745. The minimum Gasteiger partial charge on any atom is -0.467 e. The Bertz CT molecular complexity index is 2460. The van der Waals surface area contributed by atoms with Crippen molar-refractivity contribution in [3.63, 3.8) is 0 Å². The third-order valence-corrected chi connectivity index (χ3v) is 15.6. The molecular formula is C53H77N3O14S. The minimum absolute atomic E-state index is 0. The Labute approximate surface area is 424 Å². The van der Waals surface area contributed by atoms with E-state index in [2.05, 4.69) is 48.6 Å². The zero-order valence-corrected chi connectivity index (χ0v) is 41.9. The third-order valence-electron chi connectivity index (χ3n) is 11.9. The summed E-state index contributed by atoms with van der Waals surface area (Å²) in [4.78, 5) is 90.6. The molecule has 0 saturated carbocycles. The van der Waals surface area contributed by atoms with Crippen molar-refractivity contribution in [3.8, 4) is 23.0 Å². The zero-order chi connectivity index (χ0) is 51.0.